The van der Waals surface area contributed by atoms with E-state index < -0.39 is 11.7 Å². The Morgan fingerprint density at radius 2 is 1.73 bits per heavy atom. The van der Waals surface area contributed by atoms with Crippen LogP contribution in [0.5, 0.6) is 5.88 Å². The molecule has 268 valence electrons. The van der Waals surface area contributed by atoms with Gasteiger partial charge in [-0.2, -0.15) is 0 Å². The number of hydrogen-bond donors (Lipinski definition) is 4. The van der Waals surface area contributed by atoms with E-state index in [1.54, 1.807) is 25.4 Å². The lowest BCUT2D eigenvalue weighted by Crippen LogP contribution is -2.43. The van der Waals surface area contributed by atoms with Crippen LogP contribution in [0.2, 0.25) is 10.0 Å². The molecule has 1 saturated heterocycles. The van der Waals surface area contributed by atoms with Gasteiger partial charge >= 0.3 is 6.09 Å². The number of hydrogen-bond acceptors (Lipinski definition) is 8. The van der Waals surface area contributed by atoms with Crippen LogP contribution in [0.1, 0.15) is 36.8 Å². The lowest BCUT2D eigenvalue weighted by molar-refractivity contribution is -0.119. The molecule has 1 unspecified atom stereocenters. The number of amides is 2. The highest BCUT2D eigenvalue weighted by Crippen LogP contribution is 2.42. The molecule has 2 aliphatic rings. The minimum atomic E-state index is -1.19. The molecule has 1 aliphatic carbocycles. The topological polar surface area (TPSA) is 158 Å². The number of nitrogens with one attached hydrogen (secondary N) is 2. The van der Waals surface area contributed by atoms with Gasteiger partial charge in [0.1, 0.15) is 5.65 Å². The van der Waals surface area contributed by atoms with Gasteiger partial charge in [-0.05, 0) is 43.0 Å². The maximum Gasteiger partial charge on any atom is 0.407 e. The normalized spacial score (nSPS) is 18.2. The van der Waals surface area contributed by atoms with E-state index in [2.05, 4.69) is 15.6 Å². The minimum absolute atomic E-state index is 0.0754. The van der Waals surface area contributed by atoms with Crippen molar-refractivity contribution in [2.24, 2.45) is 0 Å². The van der Waals surface area contributed by atoms with Crippen LogP contribution in [0.25, 0.3) is 39.2 Å². The van der Waals surface area contributed by atoms with Crippen molar-refractivity contribution in [2.75, 3.05) is 13.7 Å². The fraction of sp³-hybridized carbons (Fsp3) is 0.289. The molecule has 12 nitrogen and oxygen atoms in total. The summed E-state index contributed by atoms with van der Waals surface area (Å²) in [6.45, 7) is 0.476. The van der Waals surface area contributed by atoms with Gasteiger partial charge in [0.2, 0.25) is 11.8 Å². The monoisotopic (exact) mass is 742 g/mol. The number of carbonyl (C=O) groups is 2. The molecule has 0 radical (unpaired) electrons. The van der Waals surface area contributed by atoms with Crippen molar-refractivity contribution in [3.8, 4) is 39.4 Å². The first-order chi connectivity index (χ1) is 25.1. The van der Waals surface area contributed by atoms with Crippen LogP contribution >= 0.6 is 23.2 Å². The molecular weight excluding hydrogens is 707 g/mol. The van der Waals surface area contributed by atoms with Crippen LogP contribution < -0.4 is 20.9 Å². The molecule has 0 spiro atoms. The molecule has 14 heteroatoms. The summed E-state index contributed by atoms with van der Waals surface area (Å²) in [4.78, 5) is 47.4. The second-order valence-electron chi connectivity index (χ2n) is 13.1. The largest absolute Gasteiger partial charge is 0.481 e. The van der Waals surface area contributed by atoms with Crippen molar-refractivity contribution < 1.29 is 24.5 Å². The number of carboxylic acid groups (broad SMARTS) is 1. The summed E-state index contributed by atoms with van der Waals surface area (Å²) in [7, 11) is 1.58. The van der Waals surface area contributed by atoms with Crippen LogP contribution in [0, 0.1) is 0 Å². The Hall–Kier alpha value is -5.01. The highest BCUT2D eigenvalue weighted by Gasteiger charge is 2.28. The third-order valence-corrected chi connectivity index (χ3v) is 10.5. The smallest absolute Gasteiger partial charge is 0.407 e. The van der Waals surface area contributed by atoms with E-state index in [4.69, 9.17) is 32.9 Å². The van der Waals surface area contributed by atoms with Crippen LogP contribution in [0.15, 0.2) is 77.9 Å². The molecule has 52 heavy (non-hydrogen) atoms. The molecule has 0 bridgehead atoms. The number of aliphatic hydroxyl groups excluding tert-OH is 1. The number of ether oxygens (including phenoxy) is 1. The molecule has 2 amide bonds. The lowest BCUT2D eigenvalue weighted by Gasteiger charge is -2.32. The van der Waals surface area contributed by atoms with Crippen LogP contribution in [-0.2, 0) is 17.9 Å². The highest BCUT2D eigenvalue weighted by atomic mass is 35.5. The highest BCUT2D eigenvalue weighted by molar-refractivity contribution is 6.39. The number of aromatic nitrogens is 3. The molecule has 5 aromatic rings. The van der Waals surface area contributed by atoms with E-state index >= 15 is 0 Å². The van der Waals surface area contributed by atoms with E-state index in [0.29, 0.717) is 68.9 Å². The summed E-state index contributed by atoms with van der Waals surface area (Å²) in [5.74, 6) is 0.373. The number of halogens is 2. The van der Waals surface area contributed by atoms with E-state index in [1.807, 2.05) is 48.5 Å². The summed E-state index contributed by atoms with van der Waals surface area (Å²) in [5.41, 5.74) is 5.26. The average molecular weight is 744 g/mol. The second kappa shape index (κ2) is 14.9. The van der Waals surface area contributed by atoms with E-state index in [0.717, 1.165) is 28.9 Å². The van der Waals surface area contributed by atoms with E-state index in [-0.39, 0.29) is 42.7 Å². The van der Waals surface area contributed by atoms with E-state index in [1.165, 1.54) is 10.6 Å². The van der Waals surface area contributed by atoms with Crippen molar-refractivity contribution in [1.29, 1.82) is 0 Å². The Morgan fingerprint density at radius 3 is 2.40 bits per heavy atom. The Kier molecular flexibility index (Phi) is 10.2. The molecule has 2 aromatic carbocycles. The van der Waals surface area contributed by atoms with Gasteiger partial charge in [-0.3, -0.25) is 14.0 Å². The average Bonchev–Trinajstić information content (AvgIpc) is 3.54. The molecule has 3 aromatic heterocycles. The number of nitrogens with zero attached hydrogens (tertiary/aromatic N) is 4. The molecule has 2 fully saturated rings. The quantitative estimate of drug-likeness (QED) is 0.132. The summed E-state index contributed by atoms with van der Waals surface area (Å²) in [6.07, 6.45) is 3.91. The first-order valence-electron chi connectivity index (χ1n) is 16.9. The predicted molar refractivity (Wildman–Crippen MR) is 198 cm³/mol. The van der Waals surface area contributed by atoms with Crippen molar-refractivity contribution in [3.05, 3.63) is 105 Å². The molecule has 1 atom stereocenters. The van der Waals surface area contributed by atoms with Crippen LogP contribution in [0.4, 0.5) is 4.79 Å². The fourth-order valence-electron chi connectivity index (χ4n) is 6.73. The van der Waals surface area contributed by atoms with Crippen LogP contribution in [-0.4, -0.2) is 73.3 Å². The number of fused-ring (bicyclic) bond motifs is 1. The van der Waals surface area contributed by atoms with Crippen molar-refractivity contribution in [3.63, 3.8) is 0 Å². The van der Waals surface area contributed by atoms with Gasteiger partial charge in [-0.1, -0.05) is 65.7 Å². The third kappa shape index (κ3) is 7.20. The Bertz CT molecular complexity index is 2240. The summed E-state index contributed by atoms with van der Waals surface area (Å²) in [6, 6.07) is 18.7. The number of pyridine rings is 2. The van der Waals surface area contributed by atoms with Gasteiger partial charge in [0.15, 0.2) is 0 Å². The summed E-state index contributed by atoms with van der Waals surface area (Å²) >= 11 is 14.1. The molecule has 1 aliphatic heterocycles. The van der Waals surface area contributed by atoms with Crippen molar-refractivity contribution in [1.82, 2.24) is 29.9 Å². The first kappa shape index (κ1) is 35.4. The fourth-order valence-corrected chi connectivity index (χ4v) is 7.39. The van der Waals surface area contributed by atoms with Gasteiger partial charge in [-0.15, -0.1) is 0 Å². The number of rotatable bonds is 11. The Labute approximate surface area is 309 Å². The zero-order valence-electron chi connectivity index (χ0n) is 28.2. The number of methoxy groups -OCH3 is 1. The van der Waals surface area contributed by atoms with Crippen molar-refractivity contribution in [2.45, 2.75) is 57.0 Å². The maximum atomic E-state index is 13.4. The first-order valence-corrected chi connectivity index (χ1v) is 17.7. The lowest BCUT2D eigenvalue weighted by atomic mass is 9.89. The molecule has 1 saturated carbocycles. The summed E-state index contributed by atoms with van der Waals surface area (Å²) < 4.78 is 6.99. The van der Waals surface area contributed by atoms with Crippen molar-refractivity contribution >= 4 is 40.8 Å². The molecular formula is C38H36Cl2N6O6. The number of aliphatic hydroxyl groups is 1. The van der Waals surface area contributed by atoms with Gasteiger partial charge in [-0.25, -0.2) is 14.8 Å². The van der Waals surface area contributed by atoms with Gasteiger partial charge < -0.3 is 30.5 Å². The number of benzene rings is 2. The molecule has 4 heterocycles. The predicted octanol–water partition coefficient (Wildman–Crippen LogP) is 5.78. The van der Waals surface area contributed by atoms with Gasteiger partial charge in [0, 0.05) is 71.8 Å². The third-order valence-electron chi connectivity index (χ3n) is 9.64. The Morgan fingerprint density at radius 1 is 1.02 bits per heavy atom. The second-order valence-corrected chi connectivity index (χ2v) is 13.9. The van der Waals surface area contributed by atoms with E-state index in [9.17, 15) is 24.6 Å². The SMILES string of the molecule is COc1nc(-c2cccc(-c3cccc(-c4ccn5c(=O)c(CN(CC6CCC(=O)N6)C(=O)O)cnc5c4)c3Cl)c2Cl)ccc1CNC1CC(O)C1. The standard InChI is InChI=1S/C38H36Cl2N6O6/c1-52-36-22(17-41-25-15-26(47)16-25)8-10-31(44-36)30-7-3-6-29(35(30)40)28-5-2-4-27(34(28)39)21-12-13-46-32(14-21)42-18-23(37(46)49)19-45(38(50)51)20-24-9-11-33(48)43-24/h2-8,10,12-14,18,24-26,41,47H,9,11,15-17,19-20H2,1H3,(H,43,48)(H,50,51). The molecule has 4 N–H and O–H groups in total. The van der Waals surface area contributed by atoms with Gasteiger partial charge in [0.25, 0.3) is 5.56 Å². The molecule has 7 rings (SSSR count). The summed E-state index contributed by atoms with van der Waals surface area (Å²) in [5, 5.41) is 26.5. The Balaban J connectivity index is 1.14. The zero-order chi connectivity index (χ0) is 36.5. The van der Waals surface area contributed by atoms with Crippen LogP contribution in [0.3, 0.4) is 0 Å². The number of carbonyl (C=O) groups excluding carboxylic acids is 1. The van der Waals surface area contributed by atoms with Gasteiger partial charge in [0.05, 0.1) is 41.1 Å². The zero-order valence-corrected chi connectivity index (χ0v) is 29.7. The maximum absolute atomic E-state index is 13.4. The minimum Gasteiger partial charge on any atom is -0.481 e.